The molecule has 0 atom stereocenters. The van der Waals surface area contributed by atoms with Gasteiger partial charge in [0.1, 0.15) is 11.2 Å². The summed E-state index contributed by atoms with van der Waals surface area (Å²) >= 11 is 0. The zero-order chi connectivity index (χ0) is 44.3. The van der Waals surface area contributed by atoms with E-state index in [1.807, 2.05) is 12.1 Å². The topological polar surface area (TPSA) is 21.3 Å². The number of nitrogens with zero attached hydrogens (tertiary/aromatic N) is 2. The van der Waals surface area contributed by atoms with Gasteiger partial charge in [-0.25, -0.2) is 0 Å². The summed E-state index contributed by atoms with van der Waals surface area (Å²) in [5.74, 6) is 0. The summed E-state index contributed by atoms with van der Waals surface area (Å²) in [5, 5.41) is 7.17. The number of hydrogen-bond acceptors (Lipinski definition) is 2. The first-order valence-corrected chi connectivity index (χ1v) is 22.9. The van der Waals surface area contributed by atoms with Crippen LogP contribution in [-0.4, -0.2) is 4.57 Å². The van der Waals surface area contributed by atoms with Crippen molar-refractivity contribution in [3.63, 3.8) is 0 Å². The molecule has 67 heavy (non-hydrogen) atoms. The van der Waals surface area contributed by atoms with Gasteiger partial charge in [0.2, 0.25) is 0 Å². The van der Waals surface area contributed by atoms with Crippen LogP contribution in [0.5, 0.6) is 0 Å². The fraction of sp³-hybridized carbons (Fsp3) is 0. The van der Waals surface area contributed by atoms with Gasteiger partial charge in [0.05, 0.1) is 16.7 Å². The summed E-state index contributed by atoms with van der Waals surface area (Å²) in [5.41, 5.74) is 18.0. The van der Waals surface area contributed by atoms with Crippen molar-refractivity contribution in [1.29, 1.82) is 0 Å². The van der Waals surface area contributed by atoms with Crippen LogP contribution in [0.2, 0.25) is 0 Å². The van der Waals surface area contributed by atoms with Crippen LogP contribution >= 0.6 is 0 Å². The molecule has 13 rings (SSSR count). The number of anilines is 3. The minimum absolute atomic E-state index is 0.905. The molecule has 2 heterocycles. The predicted molar refractivity (Wildman–Crippen MR) is 282 cm³/mol. The van der Waals surface area contributed by atoms with E-state index in [0.717, 1.165) is 61.4 Å². The van der Waals surface area contributed by atoms with E-state index in [1.54, 1.807) is 0 Å². The summed E-state index contributed by atoms with van der Waals surface area (Å²) in [6.07, 6.45) is 0. The Balaban J connectivity index is 0.836. The lowest BCUT2D eigenvalue weighted by atomic mass is 9.98. The Morgan fingerprint density at radius 1 is 0.299 bits per heavy atom. The molecule has 0 radical (unpaired) electrons. The second-order valence-corrected chi connectivity index (χ2v) is 17.3. The number of para-hydroxylation sites is 4. The van der Waals surface area contributed by atoms with Crippen LogP contribution in [0.15, 0.2) is 259 Å². The number of furan rings is 1. The molecular weight excluding hydrogens is 813 g/mol. The average Bonchev–Trinajstić information content (AvgIpc) is 3.95. The summed E-state index contributed by atoms with van der Waals surface area (Å²) < 4.78 is 8.63. The van der Waals surface area contributed by atoms with Crippen molar-refractivity contribution < 1.29 is 4.42 Å². The van der Waals surface area contributed by atoms with Crippen LogP contribution in [-0.2, 0) is 0 Å². The van der Waals surface area contributed by atoms with Crippen molar-refractivity contribution >= 4 is 71.6 Å². The molecule has 0 aliphatic rings. The number of aromatic nitrogens is 1. The van der Waals surface area contributed by atoms with Gasteiger partial charge in [-0.1, -0.05) is 176 Å². The van der Waals surface area contributed by atoms with E-state index in [4.69, 9.17) is 4.42 Å². The Morgan fingerprint density at radius 3 is 1.60 bits per heavy atom. The fourth-order valence-corrected chi connectivity index (χ4v) is 10.1. The first-order valence-electron chi connectivity index (χ1n) is 22.9. The van der Waals surface area contributed by atoms with Crippen LogP contribution in [0.4, 0.5) is 17.1 Å². The van der Waals surface area contributed by atoms with Gasteiger partial charge in [-0.3, -0.25) is 0 Å². The quantitative estimate of drug-likeness (QED) is 0.152. The van der Waals surface area contributed by atoms with Gasteiger partial charge in [0.15, 0.2) is 0 Å². The van der Waals surface area contributed by atoms with Gasteiger partial charge in [-0.2, -0.15) is 0 Å². The second kappa shape index (κ2) is 16.0. The molecule has 11 aromatic carbocycles. The number of rotatable bonds is 8. The maximum atomic E-state index is 6.25. The van der Waals surface area contributed by atoms with Gasteiger partial charge in [0.25, 0.3) is 0 Å². The van der Waals surface area contributed by atoms with Gasteiger partial charge < -0.3 is 13.9 Å². The third-order valence-electron chi connectivity index (χ3n) is 13.4. The molecule has 3 heteroatoms. The lowest BCUT2D eigenvalue weighted by Crippen LogP contribution is -2.11. The van der Waals surface area contributed by atoms with E-state index in [9.17, 15) is 0 Å². The van der Waals surface area contributed by atoms with Gasteiger partial charge in [0, 0.05) is 44.2 Å². The minimum atomic E-state index is 0.905. The van der Waals surface area contributed by atoms with Crippen molar-refractivity contribution in [2.24, 2.45) is 0 Å². The average molecular weight is 855 g/mol. The predicted octanol–water partition coefficient (Wildman–Crippen LogP) is 18.0. The Labute approximate surface area is 388 Å². The van der Waals surface area contributed by atoms with Crippen LogP contribution in [0.3, 0.4) is 0 Å². The Morgan fingerprint density at radius 2 is 0.821 bits per heavy atom. The monoisotopic (exact) mass is 854 g/mol. The van der Waals surface area contributed by atoms with Gasteiger partial charge in [-0.05, 0) is 129 Å². The van der Waals surface area contributed by atoms with E-state index in [0.29, 0.717) is 0 Å². The molecule has 0 N–H and O–H groups in total. The molecule has 0 bridgehead atoms. The van der Waals surface area contributed by atoms with Crippen molar-refractivity contribution in [2.45, 2.75) is 0 Å². The van der Waals surface area contributed by atoms with Gasteiger partial charge in [-0.15, -0.1) is 0 Å². The highest BCUT2D eigenvalue weighted by atomic mass is 16.3. The Hall–Kier alpha value is -8.92. The van der Waals surface area contributed by atoms with E-state index < -0.39 is 0 Å². The van der Waals surface area contributed by atoms with Crippen LogP contribution in [0.1, 0.15) is 0 Å². The normalized spacial score (nSPS) is 11.6. The maximum absolute atomic E-state index is 6.25. The molecule has 0 saturated carbocycles. The summed E-state index contributed by atoms with van der Waals surface area (Å²) in [4.78, 5) is 2.39. The molecular formula is C64H42N2O. The smallest absolute Gasteiger partial charge is 0.136 e. The van der Waals surface area contributed by atoms with E-state index >= 15 is 0 Å². The maximum Gasteiger partial charge on any atom is 0.136 e. The van der Waals surface area contributed by atoms with Crippen LogP contribution in [0, 0.1) is 0 Å². The molecule has 314 valence electrons. The van der Waals surface area contributed by atoms with Crippen molar-refractivity contribution in [1.82, 2.24) is 4.57 Å². The minimum Gasteiger partial charge on any atom is -0.456 e. The summed E-state index contributed by atoms with van der Waals surface area (Å²) in [7, 11) is 0. The van der Waals surface area contributed by atoms with Crippen LogP contribution in [0.25, 0.3) is 105 Å². The molecule has 0 unspecified atom stereocenters. The largest absolute Gasteiger partial charge is 0.456 e. The lowest BCUT2D eigenvalue weighted by Gasteiger charge is -2.28. The number of fused-ring (bicyclic) bond motifs is 7. The standard InChI is InChI=1S/C64H42N2O/c1-2-13-46(14-3-1)55-17-4-8-21-60(55)65(54-37-33-49-39-48(29-30-50(49)41-54)51-34-38-59-58-20-7-11-24-63(58)67-64(59)42-51)52-35-31-44(32-36-52)43-25-27-45(28-26-43)47-15-12-16-53(40-47)66-61-22-9-5-18-56(61)57-19-6-10-23-62(57)66/h1-42H. The molecule has 0 aliphatic heterocycles. The number of hydrogen-bond donors (Lipinski definition) is 0. The van der Waals surface area contributed by atoms with Crippen molar-refractivity contribution in [2.75, 3.05) is 4.90 Å². The molecule has 0 aliphatic carbocycles. The SMILES string of the molecule is c1ccc(-c2ccccc2N(c2ccc(-c3ccc(-c4cccc(-n5c6ccccc6c6ccccc65)c4)cc3)cc2)c2ccc3cc(-c4ccc5c(c4)oc4ccccc45)ccc3c2)cc1. The Bertz CT molecular complexity index is 3920. The lowest BCUT2D eigenvalue weighted by molar-refractivity contribution is 0.669. The zero-order valence-corrected chi connectivity index (χ0v) is 36.6. The van der Waals surface area contributed by atoms with Crippen molar-refractivity contribution in [3.8, 4) is 50.2 Å². The third kappa shape index (κ3) is 6.76. The van der Waals surface area contributed by atoms with E-state index in [1.165, 1.54) is 60.4 Å². The molecule has 13 aromatic rings. The van der Waals surface area contributed by atoms with E-state index in [2.05, 4.69) is 252 Å². The van der Waals surface area contributed by atoms with Crippen molar-refractivity contribution in [3.05, 3.63) is 255 Å². The highest BCUT2D eigenvalue weighted by Crippen LogP contribution is 2.43. The first kappa shape index (κ1) is 38.5. The molecule has 0 amide bonds. The highest BCUT2D eigenvalue weighted by molar-refractivity contribution is 6.09. The second-order valence-electron chi connectivity index (χ2n) is 17.3. The summed E-state index contributed by atoms with van der Waals surface area (Å²) in [6, 6.07) is 91.9. The molecule has 3 nitrogen and oxygen atoms in total. The molecule has 0 fully saturated rings. The molecule has 0 saturated heterocycles. The Kier molecular flexibility index (Phi) is 9.17. The molecule has 2 aromatic heterocycles. The number of benzene rings is 11. The van der Waals surface area contributed by atoms with Crippen LogP contribution < -0.4 is 4.90 Å². The first-order chi connectivity index (χ1) is 33.2. The summed E-state index contributed by atoms with van der Waals surface area (Å²) in [6.45, 7) is 0. The van der Waals surface area contributed by atoms with Gasteiger partial charge >= 0.3 is 0 Å². The molecule has 0 spiro atoms. The highest BCUT2D eigenvalue weighted by Gasteiger charge is 2.19. The third-order valence-corrected chi connectivity index (χ3v) is 13.4. The zero-order valence-electron chi connectivity index (χ0n) is 36.6. The fourth-order valence-electron chi connectivity index (χ4n) is 10.1. The van der Waals surface area contributed by atoms with E-state index in [-0.39, 0.29) is 0 Å².